The third-order valence-corrected chi connectivity index (χ3v) is 3.05. The first kappa shape index (κ1) is 17.9. The molecule has 2 aromatic rings. The fourth-order valence-electron chi connectivity index (χ4n) is 2.01. The van der Waals surface area contributed by atoms with Crippen molar-refractivity contribution >= 4 is 12.0 Å². The van der Waals surface area contributed by atoms with Gasteiger partial charge < -0.3 is 9.47 Å². The molecule has 0 aliphatic rings. The zero-order chi connectivity index (χ0) is 17.4. The number of hydrogen-bond acceptors (Lipinski definition) is 4. The van der Waals surface area contributed by atoms with Gasteiger partial charge >= 0.3 is 5.97 Å². The van der Waals surface area contributed by atoms with Crippen LogP contribution in [0.15, 0.2) is 48.8 Å². The van der Waals surface area contributed by atoms with Crippen molar-refractivity contribution in [3.63, 3.8) is 0 Å². The van der Waals surface area contributed by atoms with Gasteiger partial charge in [-0.25, -0.2) is 4.79 Å². The monoisotopic (exact) mass is 328 g/mol. The average molecular weight is 328 g/mol. The quantitative estimate of drug-likeness (QED) is 0.444. The molecule has 0 N–H and O–H groups in total. The fraction of sp³-hybridized carbons (Fsp3) is 0.368. The summed E-state index contributed by atoms with van der Waals surface area (Å²) in [6.07, 6.45) is 6.69. The van der Waals surface area contributed by atoms with Gasteiger partial charge in [-0.2, -0.15) is 5.10 Å². The molecule has 0 saturated heterocycles. The molecule has 0 amide bonds. The molecule has 0 radical (unpaired) electrons. The number of carbonyl (C=O) groups excluding carboxylic acids is 1. The molecule has 0 bridgehead atoms. The summed E-state index contributed by atoms with van der Waals surface area (Å²) >= 11 is 0. The number of esters is 1. The van der Waals surface area contributed by atoms with E-state index in [1.54, 1.807) is 17.0 Å². The van der Waals surface area contributed by atoms with Gasteiger partial charge in [0.15, 0.2) is 0 Å². The van der Waals surface area contributed by atoms with Gasteiger partial charge in [-0.05, 0) is 32.4 Å². The topological polar surface area (TPSA) is 53.3 Å². The van der Waals surface area contributed by atoms with Crippen LogP contribution < -0.4 is 0 Å². The van der Waals surface area contributed by atoms with Gasteiger partial charge in [0, 0.05) is 17.8 Å². The normalized spacial score (nSPS) is 11.8. The van der Waals surface area contributed by atoms with Gasteiger partial charge in [0.05, 0.1) is 26.0 Å². The molecular weight excluding hydrogens is 304 g/mol. The Balaban J connectivity index is 1.73. The van der Waals surface area contributed by atoms with Crippen molar-refractivity contribution in [2.75, 3.05) is 6.61 Å². The van der Waals surface area contributed by atoms with Gasteiger partial charge in [-0.3, -0.25) is 4.68 Å². The lowest BCUT2D eigenvalue weighted by atomic mass is 10.2. The van der Waals surface area contributed by atoms with Crippen LogP contribution in [0.1, 0.15) is 31.9 Å². The smallest absolute Gasteiger partial charge is 0.331 e. The van der Waals surface area contributed by atoms with Crippen molar-refractivity contribution in [2.45, 2.75) is 39.5 Å². The highest BCUT2D eigenvalue weighted by molar-refractivity contribution is 5.87. The fourth-order valence-corrected chi connectivity index (χ4v) is 2.01. The Kier molecular flexibility index (Phi) is 6.32. The van der Waals surface area contributed by atoms with Crippen LogP contribution in [0.5, 0.6) is 0 Å². The molecule has 0 saturated carbocycles. The minimum atomic E-state index is -0.484. The Morgan fingerprint density at radius 3 is 2.71 bits per heavy atom. The van der Waals surface area contributed by atoms with Crippen molar-refractivity contribution in [2.24, 2.45) is 0 Å². The summed E-state index contributed by atoms with van der Waals surface area (Å²) in [5.41, 5.74) is 1.52. The standard InChI is InChI=1S/C19H24N2O3/c1-19(2,3)24-18(22)10-9-17-13-20-21(14-17)11-12-23-15-16-7-5-4-6-8-16/h4-10,13-14H,11-12,15H2,1-3H3/b10-9+. The maximum Gasteiger partial charge on any atom is 0.331 e. The van der Waals surface area contributed by atoms with Crippen LogP contribution in [0.4, 0.5) is 0 Å². The Bertz CT molecular complexity index is 669. The molecule has 1 aromatic carbocycles. The third-order valence-electron chi connectivity index (χ3n) is 3.05. The zero-order valence-electron chi connectivity index (χ0n) is 14.4. The molecule has 0 unspecified atom stereocenters. The lowest BCUT2D eigenvalue weighted by Gasteiger charge is -2.17. The Morgan fingerprint density at radius 1 is 1.25 bits per heavy atom. The maximum absolute atomic E-state index is 11.6. The van der Waals surface area contributed by atoms with E-state index in [-0.39, 0.29) is 5.97 Å². The lowest BCUT2D eigenvalue weighted by Crippen LogP contribution is -2.22. The molecule has 1 aromatic heterocycles. The Morgan fingerprint density at radius 2 is 2.00 bits per heavy atom. The molecular formula is C19H24N2O3. The first-order chi connectivity index (χ1) is 11.4. The lowest BCUT2D eigenvalue weighted by molar-refractivity contribution is -0.148. The largest absolute Gasteiger partial charge is 0.457 e. The summed E-state index contributed by atoms with van der Waals surface area (Å²) in [5, 5.41) is 4.25. The number of aromatic nitrogens is 2. The summed E-state index contributed by atoms with van der Waals surface area (Å²) in [4.78, 5) is 11.6. The van der Waals surface area contributed by atoms with Crippen LogP contribution in [0.2, 0.25) is 0 Å². The van der Waals surface area contributed by atoms with E-state index in [0.29, 0.717) is 19.8 Å². The van der Waals surface area contributed by atoms with E-state index in [9.17, 15) is 4.79 Å². The van der Waals surface area contributed by atoms with Crippen molar-refractivity contribution < 1.29 is 14.3 Å². The van der Waals surface area contributed by atoms with E-state index in [1.165, 1.54) is 6.08 Å². The first-order valence-corrected chi connectivity index (χ1v) is 7.97. The van der Waals surface area contributed by atoms with Crippen LogP contribution in [0, 0.1) is 0 Å². The molecule has 5 nitrogen and oxygen atoms in total. The highest BCUT2D eigenvalue weighted by atomic mass is 16.6. The van der Waals surface area contributed by atoms with Crippen molar-refractivity contribution in [1.29, 1.82) is 0 Å². The summed E-state index contributed by atoms with van der Waals surface area (Å²) in [5.74, 6) is -0.360. The van der Waals surface area contributed by atoms with Crippen LogP contribution in [-0.4, -0.2) is 28.0 Å². The Hall–Kier alpha value is -2.40. The number of carbonyl (C=O) groups is 1. The maximum atomic E-state index is 11.6. The molecule has 24 heavy (non-hydrogen) atoms. The SMILES string of the molecule is CC(C)(C)OC(=O)/C=C/c1cnn(CCOCc2ccccc2)c1. The van der Waals surface area contributed by atoms with Crippen LogP contribution in [0.3, 0.4) is 0 Å². The van der Waals surface area contributed by atoms with E-state index in [0.717, 1.165) is 11.1 Å². The summed E-state index contributed by atoms with van der Waals surface area (Å²) < 4.78 is 12.6. The third kappa shape index (κ3) is 6.79. The van der Waals surface area contributed by atoms with Crippen LogP contribution in [-0.2, 0) is 27.4 Å². The van der Waals surface area contributed by atoms with Crippen LogP contribution in [0.25, 0.3) is 6.08 Å². The van der Waals surface area contributed by atoms with Gasteiger partial charge in [0.2, 0.25) is 0 Å². The van der Waals surface area contributed by atoms with Gasteiger partial charge in [0.1, 0.15) is 5.60 Å². The van der Waals surface area contributed by atoms with E-state index in [2.05, 4.69) is 5.10 Å². The predicted molar refractivity (Wildman–Crippen MR) is 93.2 cm³/mol. The highest BCUT2D eigenvalue weighted by Gasteiger charge is 2.13. The van der Waals surface area contributed by atoms with Crippen LogP contribution >= 0.6 is 0 Å². The van der Waals surface area contributed by atoms with Gasteiger partial charge in [-0.15, -0.1) is 0 Å². The second-order valence-electron chi connectivity index (χ2n) is 6.44. The molecule has 128 valence electrons. The summed E-state index contributed by atoms with van der Waals surface area (Å²) in [7, 11) is 0. The summed E-state index contributed by atoms with van der Waals surface area (Å²) in [6, 6.07) is 10.0. The molecule has 0 spiro atoms. The number of benzene rings is 1. The molecule has 0 atom stereocenters. The molecule has 0 aliphatic carbocycles. The van der Waals surface area contributed by atoms with E-state index in [1.807, 2.05) is 57.3 Å². The first-order valence-electron chi connectivity index (χ1n) is 7.97. The molecule has 0 fully saturated rings. The number of ether oxygens (including phenoxy) is 2. The second kappa shape index (κ2) is 8.45. The van der Waals surface area contributed by atoms with E-state index < -0.39 is 5.60 Å². The van der Waals surface area contributed by atoms with Crippen molar-refractivity contribution in [3.05, 3.63) is 59.9 Å². The van der Waals surface area contributed by atoms with E-state index >= 15 is 0 Å². The minimum Gasteiger partial charge on any atom is -0.457 e. The zero-order valence-corrected chi connectivity index (χ0v) is 14.4. The van der Waals surface area contributed by atoms with Crippen molar-refractivity contribution in [3.8, 4) is 0 Å². The predicted octanol–water partition coefficient (Wildman–Crippen LogP) is 3.45. The number of hydrogen-bond donors (Lipinski definition) is 0. The second-order valence-corrected chi connectivity index (χ2v) is 6.44. The molecule has 0 aliphatic heterocycles. The van der Waals surface area contributed by atoms with Gasteiger partial charge in [-0.1, -0.05) is 30.3 Å². The average Bonchev–Trinajstić information content (AvgIpc) is 2.97. The van der Waals surface area contributed by atoms with Gasteiger partial charge in [0.25, 0.3) is 0 Å². The van der Waals surface area contributed by atoms with E-state index in [4.69, 9.17) is 9.47 Å². The Labute approximate surface area is 142 Å². The number of rotatable bonds is 7. The molecule has 2 rings (SSSR count). The van der Waals surface area contributed by atoms with Crippen molar-refractivity contribution in [1.82, 2.24) is 9.78 Å². The minimum absolute atomic E-state index is 0.360. The molecule has 1 heterocycles. The number of nitrogens with zero attached hydrogens (tertiary/aromatic N) is 2. The summed E-state index contributed by atoms with van der Waals surface area (Å²) in [6.45, 7) is 7.34. The molecule has 5 heteroatoms. The highest BCUT2D eigenvalue weighted by Crippen LogP contribution is 2.08.